The minimum absolute atomic E-state index is 0.00406. The second kappa shape index (κ2) is 12.7. The molecule has 2 aromatic carbocycles. The zero-order valence-electron chi connectivity index (χ0n) is 27.2. The van der Waals surface area contributed by atoms with Gasteiger partial charge in [-0.05, 0) is 76.6 Å². The van der Waals surface area contributed by atoms with E-state index in [4.69, 9.17) is 18.9 Å². The average molecular weight is 611 g/mol. The summed E-state index contributed by atoms with van der Waals surface area (Å²) >= 11 is 0. The Morgan fingerprint density at radius 3 is 2.41 bits per heavy atom. The fourth-order valence-corrected chi connectivity index (χ4v) is 6.34. The largest absolute Gasteiger partial charge is 0.496 e. The van der Waals surface area contributed by atoms with Crippen LogP contribution in [0.3, 0.4) is 0 Å². The topological polar surface area (TPSA) is 120 Å². The molecule has 3 atom stereocenters. The second-order valence-corrected chi connectivity index (χ2v) is 13.9. The lowest BCUT2D eigenvalue weighted by atomic mass is 9.83. The summed E-state index contributed by atoms with van der Waals surface area (Å²) in [5, 5.41) is 4.63. The number of fused-ring (bicyclic) bond motifs is 5. The van der Waals surface area contributed by atoms with Crippen LogP contribution in [0.15, 0.2) is 30.3 Å². The predicted octanol–water partition coefficient (Wildman–Crippen LogP) is 5.27. The van der Waals surface area contributed by atoms with Gasteiger partial charge in [-0.2, -0.15) is 0 Å². The number of nitrogens with one attached hydrogen (secondary N) is 1. The van der Waals surface area contributed by atoms with Crippen molar-refractivity contribution in [1.82, 2.24) is 10.2 Å². The van der Waals surface area contributed by atoms with Crippen molar-refractivity contribution in [2.24, 2.45) is 10.8 Å². The highest BCUT2D eigenvalue weighted by molar-refractivity contribution is 5.92. The molecule has 10 nitrogen and oxygen atoms in total. The molecule has 2 aliphatic rings. The normalized spacial score (nSPS) is 24.6. The van der Waals surface area contributed by atoms with Gasteiger partial charge in [0.25, 0.3) is 0 Å². The third-order valence-corrected chi connectivity index (χ3v) is 8.87. The highest BCUT2D eigenvalue weighted by atomic mass is 16.6. The number of nitrogens with zero attached hydrogens (tertiary/aromatic N) is 1. The lowest BCUT2D eigenvalue weighted by Gasteiger charge is -2.35. The molecule has 4 rings (SSSR count). The second-order valence-electron chi connectivity index (χ2n) is 13.9. The summed E-state index contributed by atoms with van der Waals surface area (Å²) in [6, 6.07) is 7.76. The molecule has 2 amide bonds. The number of ether oxygens (including phenoxy) is 4. The molecule has 0 radical (unpaired) electrons. The number of amides is 2. The minimum atomic E-state index is -1.33. The maximum Gasteiger partial charge on any atom is 0.407 e. The van der Waals surface area contributed by atoms with Gasteiger partial charge in [0.15, 0.2) is 5.60 Å². The third-order valence-electron chi connectivity index (χ3n) is 8.87. The first kappa shape index (κ1) is 33.1. The average Bonchev–Trinajstić information content (AvgIpc) is 3.33. The third kappa shape index (κ3) is 7.11. The van der Waals surface area contributed by atoms with Gasteiger partial charge in [0.2, 0.25) is 5.91 Å². The van der Waals surface area contributed by atoms with E-state index in [9.17, 15) is 19.2 Å². The van der Waals surface area contributed by atoms with Crippen LogP contribution < -0.4 is 10.1 Å². The van der Waals surface area contributed by atoms with Crippen LogP contribution in [0.2, 0.25) is 0 Å². The molecule has 5 bridgehead atoms. The van der Waals surface area contributed by atoms with E-state index in [2.05, 4.69) is 25.2 Å². The van der Waals surface area contributed by atoms with E-state index in [1.165, 1.54) is 18.9 Å². The molecule has 2 aromatic rings. The smallest absolute Gasteiger partial charge is 0.407 e. The molecule has 240 valence electrons. The number of alkyl carbamates (subject to hydrolysis) is 1. The quantitative estimate of drug-likeness (QED) is 0.369. The Balaban J connectivity index is 1.89. The summed E-state index contributed by atoms with van der Waals surface area (Å²) in [5.41, 5.74) is -0.454. The van der Waals surface area contributed by atoms with Gasteiger partial charge in [-0.25, -0.2) is 9.59 Å². The number of aryl methyl sites for hydroxylation is 1. The molecule has 0 aliphatic carbocycles. The summed E-state index contributed by atoms with van der Waals surface area (Å²) in [4.78, 5) is 54.4. The number of hydrogen-bond acceptors (Lipinski definition) is 8. The van der Waals surface area contributed by atoms with E-state index in [1.807, 2.05) is 45.0 Å². The molecule has 0 unspecified atom stereocenters. The monoisotopic (exact) mass is 610 g/mol. The fourth-order valence-electron chi connectivity index (χ4n) is 6.34. The van der Waals surface area contributed by atoms with Crippen molar-refractivity contribution in [3.63, 3.8) is 0 Å². The summed E-state index contributed by atoms with van der Waals surface area (Å²) in [6.45, 7) is 11.2. The van der Waals surface area contributed by atoms with Crippen molar-refractivity contribution in [2.75, 3.05) is 27.4 Å². The van der Waals surface area contributed by atoms with E-state index in [-0.39, 0.29) is 25.0 Å². The van der Waals surface area contributed by atoms with Crippen LogP contribution in [-0.4, -0.2) is 68.3 Å². The van der Waals surface area contributed by atoms with Crippen LogP contribution >= 0.6 is 0 Å². The Morgan fingerprint density at radius 1 is 1.05 bits per heavy atom. The first-order chi connectivity index (χ1) is 20.6. The van der Waals surface area contributed by atoms with Crippen molar-refractivity contribution < 1.29 is 38.1 Å². The number of benzene rings is 2. The van der Waals surface area contributed by atoms with Gasteiger partial charge >= 0.3 is 18.0 Å². The summed E-state index contributed by atoms with van der Waals surface area (Å²) < 4.78 is 22.4. The summed E-state index contributed by atoms with van der Waals surface area (Å²) in [5.74, 6) is -0.890. The zero-order chi connectivity index (χ0) is 32.4. The number of esters is 2. The van der Waals surface area contributed by atoms with E-state index >= 15 is 0 Å². The molecule has 0 aromatic heterocycles. The van der Waals surface area contributed by atoms with Crippen LogP contribution in [0.1, 0.15) is 78.4 Å². The van der Waals surface area contributed by atoms with E-state index < -0.39 is 47.0 Å². The number of hydrogen-bond donors (Lipinski definition) is 1. The Morgan fingerprint density at radius 2 is 1.77 bits per heavy atom. The Kier molecular flexibility index (Phi) is 9.51. The zero-order valence-corrected chi connectivity index (χ0v) is 27.2. The molecule has 1 N–H and O–H groups in total. The number of rotatable bonds is 3. The van der Waals surface area contributed by atoms with Gasteiger partial charge in [0, 0.05) is 13.3 Å². The number of cyclic esters (lactones) is 1. The lowest BCUT2D eigenvalue weighted by Crippen LogP contribution is -2.57. The van der Waals surface area contributed by atoms with Gasteiger partial charge < -0.3 is 29.2 Å². The van der Waals surface area contributed by atoms with Gasteiger partial charge in [0.05, 0.1) is 27.4 Å². The van der Waals surface area contributed by atoms with Gasteiger partial charge in [0.1, 0.15) is 17.8 Å². The predicted molar refractivity (Wildman–Crippen MR) is 165 cm³/mol. The number of carbonyl (C=O) groups is 4. The van der Waals surface area contributed by atoms with Crippen LogP contribution in [0.4, 0.5) is 4.79 Å². The highest BCUT2D eigenvalue weighted by Crippen LogP contribution is 2.43. The first-order valence-corrected chi connectivity index (χ1v) is 15.2. The lowest BCUT2D eigenvalue weighted by molar-refractivity contribution is -0.158. The number of methoxy groups -OCH3 is 2. The molecule has 0 spiro atoms. The maximum atomic E-state index is 14.3. The minimum Gasteiger partial charge on any atom is -0.496 e. The first-order valence-electron chi connectivity index (χ1n) is 15.2. The standard InChI is InChI=1S/C34H46N2O8/c1-21(37)44-34-19-26(30(39)42-8)36(20-34)29(38)28(32(2,3)4)35-31(40)43-15-14-33(5,6)13-9-10-23-16-24-17-25(34)12-11-22(24)18-27(23)41-7/h11-12,16-18,26,28H,9-10,13-15,19-20H2,1-8H3,(H,35,40)/t26-,28+,34-/m0/s1. The molecule has 2 aliphatic heterocycles. The molecular weight excluding hydrogens is 564 g/mol. The van der Waals surface area contributed by atoms with Crippen molar-refractivity contribution >= 4 is 34.7 Å². The van der Waals surface area contributed by atoms with Gasteiger partial charge in [-0.3, -0.25) is 9.59 Å². The Labute approximate surface area is 259 Å². The van der Waals surface area contributed by atoms with Crippen molar-refractivity contribution in [3.05, 3.63) is 41.5 Å². The fraction of sp³-hybridized carbons (Fsp3) is 0.588. The van der Waals surface area contributed by atoms with E-state index in [0.29, 0.717) is 12.0 Å². The highest BCUT2D eigenvalue weighted by Gasteiger charge is 2.54. The SMILES string of the molecule is COC(=O)[C@@H]1C[C@]2(OC(C)=O)CN1C(=O)[C@H](C(C)(C)C)NC(=O)OCCC(C)(C)CCCc1cc3cc2ccc3cc1OC. The maximum absolute atomic E-state index is 14.3. The Bertz CT molecular complexity index is 1430. The van der Waals surface area contributed by atoms with Crippen LogP contribution in [-0.2, 0) is 40.6 Å². The molecule has 1 saturated heterocycles. The van der Waals surface area contributed by atoms with Gasteiger partial charge in [-0.1, -0.05) is 46.8 Å². The molecule has 10 heteroatoms. The Hall–Kier alpha value is -3.82. The summed E-state index contributed by atoms with van der Waals surface area (Å²) in [7, 11) is 2.91. The van der Waals surface area contributed by atoms with E-state index in [0.717, 1.165) is 41.3 Å². The molecular formula is C34H46N2O8. The van der Waals surface area contributed by atoms with Crippen LogP contribution in [0.5, 0.6) is 5.75 Å². The molecule has 1 fully saturated rings. The van der Waals surface area contributed by atoms with Crippen molar-refractivity contribution in [1.29, 1.82) is 0 Å². The summed E-state index contributed by atoms with van der Waals surface area (Å²) in [6.07, 6.45) is 2.52. The van der Waals surface area contributed by atoms with E-state index in [1.54, 1.807) is 7.11 Å². The van der Waals surface area contributed by atoms with Crippen LogP contribution in [0, 0.1) is 10.8 Å². The molecule has 44 heavy (non-hydrogen) atoms. The molecule has 0 saturated carbocycles. The van der Waals surface area contributed by atoms with Crippen LogP contribution in [0.25, 0.3) is 10.8 Å². The van der Waals surface area contributed by atoms with Crippen molar-refractivity contribution in [2.45, 2.75) is 91.3 Å². The van der Waals surface area contributed by atoms with Gasteiger partial charge in [-0.15, -0.1) is 0 Å². The van der Waals surface area contributed by atoms with Crippen molar-refractivity contribution in [3.8, 4) is 5.75 Å². The molecule has 2 heterocycles. The number of carbonyl (C=O) groups excluding carboxylic acids is 4.